The van der Waals surface area contributed by atoms with Crippen molar-refractivity contribution >= 4 is 10.8 Å². The van der Waals surface area contributed by atoms with Gasteiger partial charge in [-0.05, 0) is 41.8 Å². The smallest absolute Gasteiger partial charge is 0.0419 e. The van der Waals surface area contributed by atoms with Crippen LogP contribution in [0.5, 0.6) is 0 Å². The SMILES string of the molecule is CC(C)(C#C/C=C/CNCc1cccc2ccccc12)CN=[N+]=[N-]. The van der Waals surface area contributed by atoms with Gasteiger partial charge in [0.15, 0.2) is 0 Å². The number of allylic oxidation sites excluding steroid dienone is 1. The zero-order chi connectivity index (χ0) is 17.3. The average molecular weight is 318 g/mol. The van der Waals surface area contributed by atoms with Crippen LogP contribution >= 0.6 is 0 Å². The highest BCUT2D eigenvalue weighted by Crippen LogP contribution is 2.18. The van der Waals surface area contributed by atoms with Crippen molar-refractivity contribution in [2.45, 2.75) is 20.4 Å². The van der Waals surface area contributed by atoms with Crippen molar-refractivity contribution in [2.75, 3.05) is 13.1 Å². The molecule has 0 saturated carbocycles. The lowest BCUT2D eigenvalue weighted by Crippen LogP contribution is -2.13. The van der Waals surface area contributed by atoms with Crippen LogP contribution in [0.25, 0.3) is 21.2 Å². The summed E-state index contributed by atoms with van der Waals surface area (Å²) in [7, 11) is 0. The van der Waals surface area contributed by atoms with Gasteiger partial charge in [-0.25, -0.2) is 0 Å². The van der Waals surface area contributed by atoms with Gasteiger partial charge in [0, 0.05) is 30.0 Å². The average Bonchev–Trinajstić information content (AvgIpc) is 2.59. The van der Waals surface area contributed by atoms with E-state index in [1.807, 2.05) is 26.0 Å². The molecule has 4 nitrogen and oxygen atoms in total. The van der Waals surface area contributed by atoms with Gasteiger partial charge < -0.3 is 5.32 Å². The first-order valence-corrected chi connectivity index (χ1v) is 7.98. The fourth-order valence-electron chi connectivity index (χ4n) is 2.34. The summed E-state index contributed by atoms with van der Waals surface area (Å²) >= 11 is 0. The van der Waals surface area contributed by atoms with Gasteiger partial charge in [-0.1, -0.05) is 65.5 Å². The summed E-state index contributed by atoms with van der Waals surface area (Å²) in [5, 5.41) is 9.53. The molecule has 2 aromatic carbocycles. The third-order valence-corrected chi connectivity index (χ3v) is 3.60. The summed E-state index contributed by atoms with van der Waals surface area (Å²) in [5.74, 6) is 6.11. The van der Waals surface area contributed by atoms with Gasteiger partial charge in [0.05, 0.1) is 0 Å². The number of hydrogen-bond donors (Lipinski definition) is 1. The lowest BCUT2D eigenvalue weighted by atomic mass is 9.95. The van der Waals surface area contributed by atoms with E-state index in [4.69, 9.17) is 5.53 Å². The zero-order valence-corrected chi connectivity index (χ0v) is 14.2. The molecule has 4 heteroatoms. The van der Waals surface area contributed by atoms with Crippen molar-refractivity contribution in [3.05, 3.63) is 70.6 Å². The number of hydrogen-bond acceptors (Lipinski definition) is 2. The Kier molecular flexibility index (Phi) is 6.45. The number of benzene rings is 2. The van der Waals surface area contributed by atoms with Crippen LogP contribution in [0.4, 0.5) is 0 Å². The third-order valence-electron chi connectivity index (χ3n) is 3.60. The number of nitrogens with zero attached hydrogens (tertiary/aromatic N) is 3. The summed E-state index contributed by atoms with van der Waals surface area (Å²) < 4.78 is 0. The Morgan fingerprint density at radius 2 is 2.00 bits per heavy atom. The quantitative estimate of drug-likeness (QED) is 0.268. The van der Waals surface area contributed by atoms with Crippen LogP contribution < -0.4 is 5.32 Å². The molecule has 0 unspecified atom stereocenters. The molecule has 0 atom stereocenters. The van der Waals surface area contributed by atoms with Gasteiger partial charge in [0.25, 0.3) is 0 Å². The molecular formula is C20H22N4. The Morgan fingerprint density at radius 3 is 2.83 bits per heavy atom. The molecule has 0 aliphatic heterocycles. The van der Waals surface area contributed by atoms with Crippen LogP contribution in [0.15, 0.2) is 59.7 Å². The van der Waals surface area contributed by atoms with Crippen molar-refractivity contribution < 1.29 is 0 Å². The van der Waals surface area contributed by atoms with Crippen LogP contribution in [0.3, 0.4) is 0 Å². The van der Waals surface area contributed by atoms with Gasteiger partial charge in [-0.3, -0.25) is 0 Å². The van der Waals surface area contributed by atoms with E-state index in [2.05, 4.69) is 69.6 Å². The first kappa shape index (κ1) is 17.6. The maximum Gasteiger partial charge on any atom is 0.0419 e. The standard InChI is InChI=1S/C20H22N4/c1-20(2,16-23-24-21)13-6-3-7-14-22-15-18-11-8-10-17-9-4-5-12-19(17)18/h3-5,7-12,22H,14-16H2,1-2H3/b7-3+. The Bertz CT molecular complexity index is 813. The van der Waals surface area contributed by atoms with Gasteiger partial charge >= 0.3 is 0 Å². The Morgan fingerprint density at radius 1 is 1.21 bits per heavy atom. The predicted molar refractivity (Wildman–Crippen MR) is 100 cm³/mol. The van der Waals surface area contributed by atoms with Crippen LogP contribution in [0, 0.1) is 17.3 Å². The van der Waals surface area contributed by atoms with E-state index in [0.717, 1.165) is 13.1 Å². The Labute approximate surface area is 143 Å². The second-order valence-corrected chi connectivity index (χ2v) is 6.21. The lowest BCUT2D eigenvalue weighted by molar-refractivity contribution is 0.517. The number of azide groups is 1. The molecule has 24 heavy (non-hydrogen) atoms. The summed E-state index contributed by atoms with van der Waals surface area (Å²) in [6.45, 7) is 5.88. The first-order valence-electron chi connectivity index (χ1n) is 7.98. The minimum Gasteiger partial charge on any atom is -0.309 e. The second-order valence-electron chi connectivity index (χ2n) is 6.21. The van der Waals surface area contributed by atoms with E-state index >= 15 is 0 Å². The number of fused-ring (bicyclic) bond motifs is 1. The molecule has 2 rings (SSSR count). The summed E-state index contributed by atoms with van der Waals surface area (Å²) in [4.78, 5) is 2.77. The summed E-state index contributed by atoms with van der Waals surface area (Å²) in [5.41, 5.74) is 9.34. The molecule has 1 N–H and O–H groups in total. The molecule has 0 aliphatic carbocycles. The van der Waals surface area contributed by atoms with E-state index < -0.39 is 0 Å². The highest BCUT2D eigenvalue weighted by Gasteiger charge is 2.11. The van der Waals surface area contributed by atoms with E-state index in [-0.39, 0.29) is 5.41 Å². The summed E-state index contributed by atoms with van der Waals surface area (Å²) in [6, 6.07) is 14.8. The molecule has 0 heterocycles. The van der Waals surface area contributed by atoms with E-state index in [1.165, 1.54) is 16.3 Å². The molecule has 0 aromatic heterocycles. The molecule has 0 radical (unpaired) electrons. The third kappa shape index (κ3) is 5.48. The fourth-order valence-corrected chi connectivity index (χ4v) is 2.34. The molecule has 0 saturated heterocycles. The molecule has 122 valence electrons. The molecule has 0 spiro atoms. The topological polar surface area (TPSA) is 60.8 Å². The summed E-state index contributed by atoms with van der Waals surface area (Å²) in [6.07, 6.45) is 3.84. The molecule has 2 aromatic rings. The highest BCUT2D eigenvalue weighted by molar-refractivity contribution is 5.85. The van der Waals surface area contributed by atoms with Crippen molar-refractivity contribution in [2.24, 2.45) is 10.5 Å². The van der Waals surface area contributed by atoms with Crippen LogP contribution in [0.2, 0.25) is 0 Å². The number of rotatable bonds is 6. The molecular weight excluding hydrogens is 296 g/mol. The largest absolute Gasteiger partial charge is 0.309 e. The molecule has 0 fully saturated rings. The predicted octanol–water partition coefficient (Wildman–Crippen LogP) is 4.83. The molecule has 0 amide bonds. The van der Waals surface area contributed by atoms with Gasteiger partial charge in [0.1, 0.15) is 0 Å². The minimum atomic E-state index is -0.299. The maximum atomic E-state index is 8.35. The van der Waals surface area contributed by atoms with Crippen molar-refractivity contribution in [3.8, 4) is 11.8 Å². The van der Waals surface area contributed by atoms with Crippen LogP contribution in [0.1, 0.15) is 19.4 Å². The minimum absolute atomic E-state index is 0.299. The fraction of sp³-hybridized carbons (Fsp3) is 0.300. The van der Waals surface area contributed by atoms with E-state index in [1.54, 1.807) is 0 Å². The first-order chi connectivity index (χ1) is 11.6. The van der Waals surface area contributed by atoms with Gasteiger partial charge in [0.2, 0.25) is 0 Å². The lowest BCUT2D eigenvalue weighted by Gasteiger charge is -2.12. The Hall–Kier alpha value is -2.73. The Balaban J connectivity index is 1.84. The normalized spacial score (nSPS) is 11.1. The zero-order valence-electron chi connectivity index (χ0n) is 14.2. The van der Waals surface area contributed by atoms with Crippen molar-refractivity contribution in [3.63, 3.8) is 0 Å². The molecule has 0 bridgehead atoms. The van der Waals surface area contributed by atoms with Crippen molar-refractivity contribution in [1.82, 2.24) is 5.32 Å². The van der Waals surface area contributed by atoms with E-state index in [9.17, 15) is 0 Å². The monoisotopic (exact) mass is 318 g/mol. The van der Waals surface area contributed by atoms with Crippen molar-refractivity contribution in [1.29, 1.82) is 0 Å². The highest BCUT2D eigenvalue weighted by atomic mass is 15.1. The van der Waals surface area contributed by atoms with E-state index in [0.29, 0.717) is 6.54 Å². The maximum absolute atomic E-state index is 8.35. The van der Waals surface area contributed by atoms with Gasteiger partial charge in [-0.15, -0.1) is 0 Å². The number of nitrogens with one attached hydrogen (secondary N) is 1. The van der Waals surface area contributed by atoms with Crippen LogP contribution in [-0.2, 0) is 6.54 Å². The molecule has 0 aliphatic rings. The second kappa shape index (κ2) is 8.79. The van der Waals surface area contributed by atoms with Gasteiger partial charge in [-0.2, -0.15) is 0 Å². The van der Waals surface area contributed by atoms with Crippen LogP contribution in [-0.4, -0.2) is 13.1 Å².